The Hall–Kier alpha value is -3.62. The summed E-state index contributed by atoms with van der Waals surface area (Å²) in [5.74, 6) is -7.35. The number of rotatable bonds is 9. The Morgan fingerprint density at radius 1 is 1.14 bits per heavy atom. The predicted octanol–water partition coefficient (Wildman–Crippen LogP) is 4.08. The molecule has 0 saturated heterocycles. The maximum Gasteiger partial charge on any atom is 0.276 e. The topological polar surface area (TPSA) is 148 Å². The van der Waals surface area contributed by atoms with E-state index in [1.807, 2.05) is 0 Å². The van der Waals surface area contributed by atoms with E-state index < -0.39 is 47.3 Å². The lowest BCUT2D eigenvalue weighted by molar-refractivity contribution is -0.135. The van der Waals surface area contributed by atoms with E-state index in [1.54, 1.807) is 19.2 Å². The second-order valence-electron chi connectivity index (χ2n) is 12.1. The third kappa shape index (κ3) is 6.55. The fourth-order valence-corrected chi connectivity index (χ4v) is 5.77. The van der Waals surface area contributed by atoms with Crippen molar-refractivity contribution in [2.45, 2.75) is 95.2 Å². The van der Waals surface area contributed by atoms with E-state index in [4.69, 9.17) is 0 Å². The van der Waals surface area contributed by atoms with Gasteiger partial charge >= 0.3 is 0 Å². The smallest absolute Gasteiger partial charge is 0.276 e. The molecule has 2 aliphatic carbocycles. The van der Waals surface area contributed by atoms with E-state index >= 15 is 0 Å². The molecule has 0 aliphatic heterocycles. The van der Waals surface area contributed by atoms with Gasteiger partial charge in [-0.15, -0.1) is 0 Å². The molecule has 228 valence electrons. The van der Waals surface area contributed by atoms with Crippen molar-refractivity contribution in [2.24, 2.45) is 11.8 Å². The number of carbonyl (C=O) groups is 2. The lowest BCUT2D eigenvalue weighted by atomic mass is 9.79. The molecular formula is C27H33F4N7O4. The van der Waals surface area contributed by atoms with Gasteiger partial charge in [0.05, 0.1) is 35.8 Å². The van der Waals surface area contributed by atoms with Crippen LogP contribution >= 0.6 is 0 Å². The largest absolute Gasteiger partial charge is 0.388 e. The van der Waals surface area contributed by atoms with Crippen LogP contribution in [-0.2, 0) is 4.79 Å². The summed E-state index contributed by atoms with van der Waals surface area (Å²) in [6, 6.07) is -0.0709. The van der Waals surface area contributed by atoms with Crippen LogP contribution in [0.1, 0.15) is 98.3 Å². The number of halogens is 4. The van der Waals surface area contributed by atoms with Crippen molar-refractivity contribution in [1.82, 2.24) is 35.5 Å². The van der Waals surface area contributed by atoms with Gasteiger partial charge in [0.25, 0.3) is 5.91 Å². The summed E-state index contributed by atoms with van der Waals surface area (Å²) in [5.41, 5.74) is -0.0756. The summed E-state index contributed by atoms with van der Waals surface area (Å²) in [7, 11) is 0. The Balaban J connectivity index is 1.40. The van der Waals surface area contributed by atoms with Crippen LogP contribution in [0.4, 0.5) is 17.6 Å². The highest BCUT2D eigenvalue weighted by atomic mass is 19.3. The molecule has 0 spiro atoms. The first-order valence-corrected chi connectivity index (χ1v) is 13.8. The van der Waals surface area contributed by atoms with Gasteiger partial charge in [-0.25, -0.2) is 31.7 Å². The molecule has 15 heteroatoms. The minimum absolute atomic E-state index is 0.0281. The average Bonchev–Trinajstić information content (AvgIpc) is 3.49. The third-order valence-electron chi connectivity index (χ3n) is 8.06. The SMILES string of the molecule is Cc1nonc1C(=O)N[C@H](c1cn2ncc(C(NC(=O)CC3CC(F)(F)C3)C(C)(C)O)cc2n1)C1CCC(F)(F)CC1. The zero-order chi connectivity index (χ0) is 30.4. The van der Waals surface area contributed by atoms with Gasteiger partial charge in [-0.3, -0.25) is 9.59 Å². The molecule has 0 radical (unpaired) electrons. The number of nitrogens with zero attached hydrogens (tertiary/aromatic N) is 5. The highest BCUT2D eigenvalue weighted by Gasteiger charge is 2.46. The van der Waals surface area contributed by atoms with Crippen molar-refractivity contribution in [3.8, 4) is 0 Å². The molecule has 3 N–H and O–H groups in total. The second-order valence-corrected chi connectivity index (χ2v) is 12.1. The van der Waals surface area contributed by atoms with E-state index in [2.05, 4.69) is 35.7 Å². The number of imidazole rings is 1. The number of aryl methyl sites for hydroxylation is 1. The Labute approximate surface area is 238 Å². The minimum atomic E-state index is -2.77. The summed E-state index contributed by atoms with van der Waals surface area (Å²) in [6.45, 7) is 4.56. The van der Waals surface area contributed by atoms with Crippen molar-refractivity contribution < 1.29 is 36.9 Å². The molecule has 2 atom stereocenters. The summed E-state index contributed by atoms with van der Waals surface area (Å²) < 4.78 is 60.4. The molecule has 3 heterocycles. The predicted molar refractivity (Wildman–Crippen MR) is 139 cm³/mol. The average molecular weight is 596 g/mol. The van der Waals surface area contributed by atoms with Crippen molar-refractivity contribution in [2.75, 3.05) is 0 Å². The lowest BCUT2D eigenvalue weighted by Crippen LogP contribution is -2.44. The number of nitrogens with one attached hydrogen (secondary N) is 2. The molecule has 11 nitrogen and oxygen atoms in total. The number of carbonyl (C=O) groups excluding carboxylic acids is 2. The van der Waals surface area contributed by atoms with Crippen LogP contribution < -0.4 is 10.6 Å². The van der Waals surface area contributed by atoms with Crippen molar-refractivity contribution in [3.63, 3.8) is 0 Å². The standard InChI is InChI=1S/C27H33F4N7O4/c1-14-21(37-42-36-14)24(40)35-22(16-4-6-26(28,29)7-5-16)18-13-38-19(33-18)9-17(12-32-38)23(25(2,3)41)34-20(39)8-15-10-27(30,31)11-15/h9,12-13,15-16,22-23,41H,4-8,10-11H2,1-3H3,(H,34,39)(H,35,40)/t22-,23?/m0/s1. The molecule has 42 heavy (non-hydrogen) atoms. The van der Waals surface area contributed by atoms with Gasteiger partial charge in [-0.05, 0) is 56.7 Å². The van der Waals surface area contributed by atoms with Crippen LogP contribution in [0.15, 0.2) is 23.1 Å². The fraction of sp³-hybridized carbons (Fsp3) is 0.630. The monoisotopic (exact) mass is 595 g/mol. The summed E-state index contributed by atoms with van der Waals surface area (Å²) in [6.07, 6.45) is 1.90. The summed E-state index contributed by atoms with van der Waals surface area (Å²) in [5, 5.41) is 28.1. The number of hydrogen-bond donors (Lipinski definition) is 3. The van der Waals surface area contributed by atoms with Crippen LogP contribution in [0.5, 0.6) is 0 Å². The van der Waals surface area contributed by atoms with Crippen molar-refractivity contribution in [3.05, 3.63) is 41.1 Å². The molecule has 0 aromatic carbocycles. The van der Waals surface area contributed by atoms with Crippen LogP contribution in [0.25, 0.3) is 5.65 Å². The van der Waals surface area contributed by atoms with E-state index in [1.165, 1.54) is 24.6 Å². The van der Waals surface area contributed by atoms with Crippen LogP contribution in [0, 0.1) is 18.8 Å². The normalized spacial score (nSPS) is 20.6. The molecule has 2 amide bonds. The maximum absolute atomic E-state index is 14.0. The van der Waals surface area contributed by atoms with E-state index in [0.29, 0.717) is 16.9 Å². The lowest BCUT2D eigenvalue weighted by Gasteiger charge is -2.35. The maximum atomic E-state index is 14.0. The third-order valence-corrected chi connectivity index (χ3v) is 8.06. The van der Waals surface area contributed by atoms with Crippen LogP contribution in [0.2, 0.25) is 0 Å². The Morgan fingerprint density at radius 2 is 1.83 bits per heavy atom. The quantitative estimate of drug-likeness (QED) is 0.314. The van der Waals surface area contributed by atoms with Crippen LogP contribution in [0.3, 0.4) is 0 Å². The summed E-state index contributed by atoms with van der Waals surface area (Å²) in [4.78, 5) is 30.3. The van der Waals surface area contributed by atoms with Crippen molar-refractivity contribution in [1.29, 1.82) is 0 Å². The molecule has 1 unspecified atom stereocenters. The first kappa shape index (κ1) is 29.9. The van der Waals surface area contributed by atoms with Gasteiger partial charge in [-0.1, -0.05) is 5.16 Å². The number of fused-ring (bicyclic) bond motifs is 1. The molecule has 2 saturated carbocycles. The number of hydrogen-bond acceptors (Lipinski definition) is 8. The van der Waals surface area contributed by atoms with Gasteiger partial charge < -0.3 is 15.7 Å². The van der Waals surface area contributed by atoms with Crippen LogP contribution in [-0.4, -0.2) is 59.3 Å². The van der Waals surface area contributed by atoms with E-state index in [9.17, 15) is 32.3 Å². The highest BCUT2D eigenvalue weighted by molar-refractivity contribution is 5.93. The van der Waals surface area contributed by atoms with Gasteiger partial charge in [-0.2, -0.15) is 5.10 Å². The zero-order valence-electron chi connectivity index (χ0n) is 23.4. The molecule has 2 fully saturated rings. The summed E-state index contributed by atoms with van der Waals surface area (Å²) >= 11 is 0. The number of amides is 2. The minimum Gasteiger partial charge on any atom is -0.388 e. The number of alkyl halides is 4. The van der Waals surface area contributed by atoms with E-state index in [-0.39, 0.29) is 62.3 Å². The molecular weight excluding hydrogens is 562 g/mol. The Morgan fingerprint density at radius 3 is 2.43 bits per heavy atom. The molecule has 5 rings (SSSR count). The number of aliphatic hydroxyl groups is 1. The van der Waals surface area contributed by atoms with Crippen molar-refractivity contribution >= 4 is 17.5 Å². The van der Waals surface area contributed by atoms with Gasteiger partial charge in [0, 0.05) is 37.7 Å². The fourth-order valence-electron chi connectivity index (χ4n) is 5.77. The molecule has 2 aliphatic rings. The van der Waals surface area contributed by atoms with Gasteiger partial charge in [0.15, 0.2) is 11.3 Å². The molecule has 3 aromatic heterocycles. The van der Waals surface area contributed by atoms with Gasteiger partial charge in [0.2, 0.25) is 17.8 Å². The number of aromatic nitrogens is 5. The zero-order valence-corrected chi connectivity index (χ0v) is 23.4. The van der Waals surface area contributed by atoms with Gasteiger partial charge in [0.1, 0.15) is 5.69 Å². The first-order valence-electron chi connectivity index (χ1n) is 13.8. The first-order chi connectivity index (χ1) is 19.6. The Kier molecular flexibility index (Phi) is 7.75. The second kappa shape index (κ2) is 10.9. The molecule has 0 bridgehead atoms. The van der Waals surface area contributed by atoms with E-state index in [0.717, 1.165) is 0 Å². The molecule has 3 aromatic rings. The highest BCUT2D eigenvalue weighted by Crippen LogP contribution is 2.44. The Bertz CT molecular complexity index is 1450.